The molecule has 1 aromatic carbocycles. The van der Waals surface area contributed by atoms with Crippen molar-refractivity contribution in [2.75, 3.05) is 7.11 Å². The van der Waals surface area contributed by atoms with E-state index in [1.807, 2.05) is 37.3 Å². The quantitative estimate of drug-likeness (QED) is 0.826. The minimum Gasteiger partial charge on any atom is -0.481 e. The van der Waals surface area contributed by atoms with Gasteiger partial charge in [-0.15, -0.1) is 0 Å². The number of amides is 2. The van der Waals surface area contributed by atoms with Gasteiger partial charge in [0.25, 0.3) is 0 Å². The first-order valence-corrected chi connectivity index (χ1v) is 7.75. The van der Waals surface area contributed by atoms with Crippen LogP contribution < -0.4 is 15.4 Å². The maximum atomic E-state index is 12.0. The van der Waals surface area contributed by atoms with Gasteiger partial charge in [-0.25, -0.2) is 9.78 Å². The van der Waals surface area contributed by atoms with Gasteiger partial charge in [0, 0.05) is 24.3 Å². The average molecular weight is 313 g/mol. The first kappa shape index (κ1) is 16.8. The summed E-state index contributed by atoms with van der Waals surface area (Å²) in [6.07, 6.45) is 3.50. The molecule has 1 aromatic heterocycles. The number of ether oxygens (including phenoxy) is 1. The van der Waals surface area contributed by atoms with E-state index in [2.05, 4.69) is 27.8 Å². The van der Waals surface area contributed by atoms with Gasteiger partial charge in [0.1, 0.15) is 0 Å². The Bertz CT molecular complexity index is 617. The van der Waals surface area contributed by atoms with Gasteiger partial charge in [0.2, 0.25) is 5.88 Å². The molecular formula is C18H23N3O2. The van der Waals surface area contributed by atoms with Gasteiger partial charge < -0.3 is 15.4 Å². The molecule has 122 valence electrons. The van der Waals surface area contributed by atoms with Crippen molar-refractivity contribution in [3.05, 3.63) is 59.8 Å². The maximum absolute atomic E-state index is 12.0. The van der Waals surface area contributed by atoms with Gasteiger partial charge in [-0.2, -0.15) is 0 Å². The van der Waals surface area contributed by atoms with Crippen LogP contribution in [-0.4, -0.2) is 24.2 Å². The highest BCUT2D eigenvalue weighted by atomic mass is 16.5. The van der Waals surface area contributed by atoms with E-state index in [1.165, 1.54) is 5.56 Å². The van der Waals surface area contributed by atoms with E-state index in [9.17, 15) is 4.79 Å². The number of carbonyl (C=O) groups is 1. The van der Waals surface area contributed by atoms with E-state index < -0.39 is 0 Å². The zero-order chi connectivity index (χ0) is 16.5. The lowest BCUT2D eigenvalue weighted by Gasteiger charge is -2.15. The van der Waals surface area contributed by atoms with Gasteiger partial charge in [-0.1, -0.05) is 36.4 Å². The Balaban J connectivity index is 1.73. The van der Waals surface area contributed by atoms with Crippen molar-refractivity contribution in [3.8, 4) is 5.88 Å². The van der Waals surface area contributed by atoms with Crippen LogP contribution in [0.25, 0.3) is 0 Å². The highest BCUT2D eigenvalue weighted by Crippen LogP contribution is 2.12. The van der Waals surface area contributed by atoms with E-state index in [4.69, 9.17) is 4.74 Å². The van der Waals surface area contributed by atoms with E-state index in [-0.39, 0.29) is 12.1 Å². The smallest absolute Gasteiger partial charge is 0.315 e. The first-order valence-electron chi connectivity index (χ1n) is 7.75. The van der Waals surface area contributed by atoms with Crippen molar-refractivity contribution in [2.24, 2.45) is 0 Å². The molecule has 1 heterocycles. The second-order valence-corrected chi connectivity index (χ2v) is 5.42. The molecule has 0 fully saturated rings. The predicted molar refractivity (Wildman–Crippen MR) is 90.4 cm³/mol. The summed E-state index contributed by atoms with van der Waals surface area (Å²) in [5.41, 5.74) is 2.13. The van der Waals surface area contributed by atoms with Crippen LogP contribution in [0.15, 0.2) is 48.7 Å². The Morgan fingerprint density at radius 3 is 2.74 bits per heavy atom. The predicted octanol–water partition coefficient (Wildman–Crippen LogP) is 2.91. The third-order valence-electron chi connectivity index (χ3n) is 3.57. The van der Waals surface area contributed by atoms with Crippen molar-refractivity contribution in [1.29, 1.82) is 0 Å². The molecule has 23 heavy (non-hydrogen) atoms. The molecule has 0 aliphatic heterocycles. The molecule has 0 aliphatic rings. The fourth-order valence-corrected chi connectivity index (χ4v) is 2.29. The fourth-order valence-electron chi connectivity index (χ4n) is 2.29. The monoisotopic (exact) mass is 313 g/mol. The molecule has 0 radical (unpaired) electrons. The molecule has 0 saturated heterocycles. The molecule has 2 rings (SSSR count). The van der Waals surface area contributed by atoms with Gasteiger partial charge in [-0.05, 0) is 31.4 Å². The van der Waals surface area contributed by atoms with Gasteiger partial charge in [0.05, 0.1) is 7.11 Å². The highest BCUT2D eigenvalue weighted by molar-refractivity contribution is 5.74. The van der Waals surface area contributed by atoms with Crippen molar-refractivity contribution in [3.63, 3.8) is 0 Å². The molecule has 0 unspecified atom stereocenters. The van der Waals surface area contributed by atoms with Gasteiger partial charge >= 0.3 is 6.03 Å². The molecule has 2 N–H and O–H groups in total. The lowest BCUT2D eigenvalue weighted by atomic mass is 10.1. The fraction of sp³-hybridized carbons (Fsp3) is 0.333. The summed E-state index contributed by atoms with van der Waals surface area (Å²) in [6, 6.07) is 13.9. The molecule has 0 bridgehead atoms. The molecular weight excluding hydrogens is 290 g/mol. The summed E-state index contributed by atoms with van der Waals surface area (Å²) in [5, 5.41) is 5.78. The molecule has 5 heteroatoms. The summed E-state index contributed by atoms with van der Waals surface area (Å²) in [5.74, 6) is 0.532. The number of aryl methyl sites for hydroxylation is 1. The molecule has 1 atom stereocenters. The third-order valence-corrected chi connectivity index (χ3v) is 3.57. The van der Waals surface area contributed by atoms with Crippen LogP contribution in [0, 0.1) is 0 Å². The van der Waals surface area contributed by atoms with Crippen molar-refractivity contribution in [2.45, 2.75) is 32.4 Å². The van der Waals surface area contributed by atoms with Crippen molar-refractivity contribution in [1.82, 2.24) is 15.6 Å². The summed E-state index contributed by atoms with van der Waals surface area (Å²) in [4.78, 5) is 16.1. The summed E-state index contributed by atoms with van der Waals surface area (Å²) in [7, 11) is 1.57. The number of pyridine rings is 1. The number of urea groups is 1. The maximum Gasteiger partial charge on any atom is 0.315 e. The zero-order valence-corrected chi connectivity index (χ0v) is 13.6. The molecule has 0 saturated carbocycles. The van der Waals surface area contributed by atoms with Crippen LogP contribution in [0.5, 0.6) is 5.88 Å². The van der Waals surface area contributed by atoms with E-state index >= 15 is 0 Å². The number of nitrogens with one attached hydrogen (secondary N) is 2. The number of rotatable bonds is 7. The number of benzene rings is 1. The average Bonchev–Trinajstić information content (AvgIpc) is 2.59. The van der Waals surface area contributed by atoms with Crippen molar-refractivity contribution >= 4 is 6.03 Å². The largest absolute Gasteiger partial charge is 0.481 e. The minimum absolute atomic E-state index is 0.103. The van der Waals surface area contributed by atoms with Crippen LogP contribution in [0.1, 0.15) is 24.5 Å². The topological polar surface area (TPSA) is 63.2 Å². The van der Waals surface area contributed by atoms with E-state index in [1.54, 1.807) is 13.3 Å². The standard InChI is InChI=1S/C18H23N3O2/c1-14(10-11-15-7-4-3-5-8-15)21-18(22)20-13-16-9-6-12-19-17(16)23-2/h3-9,12,14H,10-11,13H2,1-2H3,(H2,20,21,22)/t14-/m0/s1. The Morgan fingerprint density at radius 1 is 1.22 bits per heavy atom. The van der Waals surface area contributed by atoms with Gasteiger partial charge in [-0.3, -0.25) is 0 Å². The number of aromatic nitrogens is 1. The molecule has 2 amide bonds. The molecule has 0 spiro atoms. The Hall–Kier alpha value is -2.56. The van der Waals surface area contributed by atoms with Gasteiger partial charge in [0.15, 0.2) is 0 Å². The Kier molecular flexibility index (Phi) is 6.41. The number of hydrogen-bond donors (Lipinski definition) is 2. The van der Waals surface area contributed by atoms with Crippen molar-refractivity contribution < 1.29 is 9.53 Å². The molecule has 2 aromatic rings. The minimum atomic E-state index is -0.184. The molecule has 0 aliphatic carbocycles. The van der Waals surface area contributed by atoms with Crippen LogP contribution in [0.3, 0.4) is 0 Å². The number of hydrogen-bond acceptors (Lipinski definition) is 3. The summed E-state index contributed by atoms with van der Waals surface area (Å²) >= 11 is 0. The lowest BCUT2D eigenvalue weighted by Crippen LogP contribution is -2.40. The summed E-state index contributed by atoms with van der Waals surface area (Å²) < 4.78 is 5.16. The SMILES string of the molecule is COc1ncccc1CNC(=O)N[C@@H](C)CCc1ccccc1. The van der Waals surface area contributed by atoms with E-state index in [0.717, 1.165) is 18.4 Å². The highest BCUT2D eigenvalue weighted by Gasteiger charge is 2.09. The normalized spacial score (nSPS) is 11.6. The van der Waals surface area contributed by atoms with Crippen LogP contribution in [-0.2, 0) is 13.0 Å². The molecule has 5 nitrogen and oxygen atoms in total. The van der Waals surface area contributed by atoms with Crippen LogP contribution >= 0.6 is 0 Å². The second kappa shape index (κ2) is 8.78. The Morgan fingerprint density at radius 2 is 2.00 bits per heavy atom. The summed E-state index contributed by atoms with van der Waals surface area (Å²) in [6.45, 7) is 2.39. The van der Waals surface area contributed by atoms with E-state index in [0.29, 0.717) is 12.4 Å². The number of nitrogens with zero attached hydrogens (tertiary/aromatic N) is 1. The third kappa shape index (κ3) is 5.62. The first-order chi connectivity index (χ1) is 11.2. The Labute approximate surface area is 137 Å². The number of methoxy groups -OCH3 is 1. The second-order valence-electron chi connectivity index (χ2n) is 5.42. The van der Waals surface area contributed by atoms with Crippen LogP contribution in [0.4, 0.5) is 4.79 Å². The number of carbonyl (C=O) groups excluding carboxylic acids is 1. The lowest BCUT2D eigenvalue weighted by molar-refractivity contribution is 0.236. The van der Waals surface area contributed by atoms with Crippen LogP contribution in [0.2, 0.25) is 0 Å². The zero-order valence-electron chi connectivity index (χ0n) is 13.6.